The van der Waals surface area contributed by atoms with Crippen LogP contribution in [0.4, 0.5) is 0 Å². The number of ether oxygens (including phenoxy) is 1. The summed E-state index contributed by atoms with van der Waals surface area (Å²) in [5, 5.41) is 9.95. The minimum absolute atomic E-state index is 0.00416. The van der Waals surface area contributed by atoms with E-state index in [2.05, 4.69) is 10.2 Å². The highest BCUT2D eigenvalue weighted by Crippen LogP contribution is 2.33. The lowest BCUT2D eigenvalue weighted by Gasteiger charge is -2.13. The Morgan fingerprint density at radius 3 is 2.52 bits per heavy atom. The van der Waals surface area contributed by atoms with Crippen molar-refractivity contribution < 1.29 is 9.53 Å². The second-order valence-corrected chi connectivity index (χ2v) is 7.27. The number of amides is 1. The molecule has 2 aromatic carbocycles. The molecular weight excluding hydrogens is 384 g/mol. The van der Waals surface area contributed by atoms with Gasteiger partial charge in [0.1, 0.15) is 5.75 Å². The van der Waals surface area contributed by atoms with Gasteiger partial charge in [-0.15, -0.1) is 10.2 Å². The number of benzene rings is 2. The van der Waals surface area contributed by atoms with E-state index in [0.29, 0.717) is 21.8 Å². The number of hydrogen-bond acceptors (Lipinski definition) is 5. The van der Waals surface area contributed by atoms with Gasteiger partial charge in [0.05, 0.1) is 18.4 Å². The van der Waals surface area contributed by atoms with Crippen LogP contribution >= 0.6 is 23.4 Å². The number of thioether (sulfide) groups is 1. The van der Waals surface area contributed by atoms with Gasteiger partial charge in [-0.1, -0.05) is 35.5 Å². The Hall–Kier alpha value is -2.51. The van der Waals surface area contributed by atoms with E-state index < -0.39 is 0 Å². The fourth-order valence-electron chi connectivity index (χ4n) is 2.45. The highest BCUT2D eigenvalue weighted by molar-refractivity contribution is 7.99. The van der Waals surface area contributed by atoms with Crippen LogP contribution in [-0.2, 0) is 4.79 Å². The van der Waals surface area contributed by atoms with Crippen molar-refractivity contribution in [3.63, 3.8) is 0 Å². The van der Waals surface area contributed by atoms with Crippen molar-refractivity contribution in [3.05, 3.63) is 53.6 Å². The zero-order valence-corrected chi connectivity index (χ0v) is 16.8. The molecule has 0 unspecified atom stereocenters. The number of rotatable bonds is 6. The summed E-state index contributed by atoms with van der Waals surface area (Å²) in [6, 6.07) is 15.0. The molecule has 6 nitrogen and oxygen atoms in total. The van der Waals surface area contributed by atoms with Crippen LogP contribution in [0.1, 0.15) is 0 Å². The number of hydrogen-bond donors (Lipinski definition) is 0. The highest BCUT2D eigenvalue weighted by Gasteiger charge is 2.20. The summed E-state index contributed by atoms with van der Waals surface area (Å²) >= 11 is 7.37. The van der Waals surface area contributed by atoms with E-state index in [4.69, 9.17) is 16.3 Å². The van der Waals surface area contributed by atoms with Crippen molar-refractivity contribution in [1.29, 1.82) is 0 Å². The van der Waals surface area contributed by atoms with E-state index >= 15 is 0 Å². The first-order chi connectivity index (χ1) is 13.0. The van der Waals surface area contributed by atoms with Crippen molar-refractivity contribution >= 4 is 29.3 Å². The molecule has 0 aliphatic carbocycles. The first-order valence-corrected chi connectivity index (χ1v) is 9.55. The standard InChI is InChI=1S/C19H19ClN4O2S/c1-23(2)17(25)12-27-19-22-21-18(15-6-4-5-7-16(15)26-3)24(19)14-10-8-13(20)9-11-14/h4-11H,12H2,1-3H3. The number of nitrogens with zero attached hydrogens (tertiary/aromatic N) is 4. The van der Waals surface area contributed by atoms with Crippen LogP contribution in [0.25, 0.3) is 17.1 Å². The third-order valence-corrected chi connectivity index (χ3v) is 5.06. The van der Waals surface area contributed by atoms with Gasteiger partial charge in [-0.05, 0) is 36.4 Å². The number of carbonyl (C=O) groups excluding carboxylic acids is 1. The SMILES string of the molecule is COc1ccccc1-c1nnc(SCC(=O)N(C)C)n1-c1ccc(Cl)cc1. The summed E-state index contributed by atoms with van der Waals surface area (Å²) in [7, 11) is 5.08. The summed E-state index contributed by atoms with van der Waals surface area (Å²) in [6.45, 7) is 0. The first-order valence-electron chi connectivity index (χ1n) is 8.19. The predicted octanol–water partition coefficient (Wildman–Crippen LogP) is 3.78. The number of methoxy groups -OCH3 is 1. The lowest BCUT2D eigenvalue weighted by atomic mass is 10.2. The van der Waals surface area contributed by atoms with Crippen LogP contribution in [0.2, 0.25) is 5.02 Å². The van der Waals surface area contributed by atoms with E-state index in [1.54, 1.807) is 26.1 Å². The average molecular weight is 403 g/mol. The van der Waals surface area contributed by atoms with Crippen LogP contribution in [0.3, 0.4) is 0 Å². The molecule has 0 bridgehead atoms. The second kappa shape index (κ2) is 8.45. The Morgan fingerprint density at radius 1 is 1.15 bits per heavy atom. The molecular formula is C19H19ClN4O2S. The number of carbonyl (C=O) groups is 1. The van der Waals surface area contributed by atoms with Crippen molar-refractivity contribution in [2.24, 2.45) is 0 Å². The van der Waals surface area contributed by atoms with Gasteiger partial charge in [-0.25, -0.2) is 0 Å². The Kier molecular flexibility index (Phi) is 6.03. The summed E-state index contributed by atoms with van der Waals surface area (Å²) in [5.74, 6) is 1.60. The molecule has 0 spiro atoms. The van der Waals surface area contributed by atoms with E-state index in [1.807, 2.05) is 53.1 Å². The van der Waals surface area contributed by atoms with Crippen molar-refractivity contribution in [2.75, 3.05) is 27.0 Å². The van der Waals surface area contributed by atoms with Crippen LogP contribution in [0.5, 0.6) is 5.75 Å². The van der Waals surface area contributed by atoms with Crippen LogP contribution in [0, 0.1) is 0 Å². The molecule has 3 aromatic rings. The maximum Gasteiger partial charge on any atom is 0.232 e. The third kappa shape index (κ3) is 4.26. The maximum atomic E-state index is 12.0. The maximum absolute atomic E-state index is 12.0. The van der Waals surface area contributed by atoms with Gasteiger partial charge in [0, 0.05) is 24.8 Å². The Bertz CT molecular complexity index is 941. The van der Waals surface area contributed by atoms with Crippen molar-refractivity contribution in [1.82, 2.24) is 19.7 Å². The smallest absolute Gasteiger partial charge is 0.232 e. The Labute approximate surface area is 167 Å². The minimum Gasteiger partial charge on any atom is -0.496 e. The molecule has 0 aliphatic rings. The van der Waals surface area contributed by atoms with Crippen molar-refractivity contribution in [3.8, 4) is 22.8 Å². The Morgan fingerprint density at radius 2 is 1.85 bits per heavy atom. The van der Waals surface area contributed by atoms with Gasteiger partial charge in [0.15, 0.2) is 11.0 Å². The summed E-state index contributed by atoms with van der Waals surface area (Å²) < 4.78 is 7.38. The highest BCUT2D eigenvalue weighted by atomic mass is 35.5. The molecule has 0 atom stereocenters. The largest absolute Gasteiger partial charge is 0.496 e. The van der Waals surface area contributed by atoms with Crippen LogP contribution in [0.15, 0.2) is 53.7 Å². The number of aromatic nitrogens is 3. The average Bonchev–Trinajstić information content (AvgIpc) is 3.10. The minimum atomic E-state index is 0.00416. The van der Waals surface area contributed by atoms with Crippen molar-refractivity contribution in [2.45, 2.75) is 5.16 Å². The molecule has 0 aliphatic heterocycles. The monoisotopic (exact) mass is 402 g/mol. The topological polar surface area (TPSA) is 60.3 Å². The van der Waals surface area contributed by atoms with Gasteiger partial charge >= 0.3 is 0 Å². The van der Waals surface area contributed by atoms with E-state index in [-0.39, 0.29) is 11.7 Å². The molecule has 0 radical (unpaired) electrons. The van der Waals surface area contributed by atoms with E-state index in [9.17, 15) is 4.79 Å². The lowest BCUT2D eigenvalue weighted by molar-refractivity contribution is -0.125. The molecule has 3 rings (SSSR count). The zero-order chi connectivity index (χ0) is 19.4. The molecule has 140 valence electrons. The second-order valence-electron chi connectivity index (χ2n) is 5.90. The fourth-order valence-corrected chi connectivity index (χ4v) is 3.50. The molecule has 8 heteroatoms. The molecule has 27 heavy (non-hydrogen) atoms. The summed E-state index contributed by atoms with van der Waals surface area (Å²) in [4.78, 5) is 13.5. The van der Waals surface area contributed by atoms with Gasteiger partial charge in [-0.3, -0.25) is 9.36 Å². The van der Waals surface area contributed by atoms with E-state index in [1.165, 1.54) is 11.8 Å². The summed E-state index contributed by atoms with van der Waals surface area (Å²) in [6.07, 6.45) is 0. The molecule has 1 aromatic heterocycles. The Balaban J connectivity index is 2.08. The molecule has 1 amide bonds. The van der Waals surface area contributed by atoms with Crippen LogP contribution in [-0.4, -0.2) is 52.5 Å². The third-order valence-electron chi connectivity index (χ3n) is 3.89. The zero-order valence-electron chi connectivity index (χ0n) is 15.2. The summed E-state index contributed by atoms with van der Waals surface area (Å²) in [5.41, 5.74) is 1.67. The molecule has 0 saturated heterocycles. The van der Waals surface area contributed by atoms with Gasteiger partial charge in [-0.2, -0.15) is 0 Å². The fraction of sp³-hybridized carbons (Fsp3) is 0.211. The number of halogens is 1. The molecule has 0 fully saturated rings. The van der Waals surface area contributed by atoms with Crippen LogP contribution < -0.4 is 4.74 Å². The number of para-hydroxylation sites is 1. The normalized spacial score (nSPS) is 10.7. The predicted molar refractivity (Wildman–Crippen MR) is 108 cm³/mol. The van der Waals surface area contributed by atoms with Gasteiger partial charge in [0.2, 0.25) is 5.91 Å². The van der Waals surface area contributed by atoms with Gasteiger partial charge < -0.3 is 9.64 Å². The van der Waals surface area contributed by atoms with E-state index in [0.717, 1.165) is 11.3 Å². The first kappa shape index (κ1) is 19.3. The molecule has 1 heterocycles. The van der Waals surface area contributed by atoms with Gasteiger partial charge in [0.25, 0.3) is 0 Å². The quantitative estimate of drug-likeness (QED) is 0.587. The molecule has 0 saturated carbocycles. The molecule has 0 N–H and O–H groups in total. The lowest BCUT2D eigenvalue weighted by Crippen LogP contribution is -2.23.